The second-order valence-corrected chi connectivity index (χ2v) is 3.69. The Labute approximate surface area is 92.8 Å². The third-order valence-corrected chi connectivity index (χ3v) is 2.72. The van der Waals surface area contributed by atoms with Crippen molar-refractivity contribution in [3.8, 4) is 6.07 Å². The minimum atomic E-state index is 0.671. The fourth-order valence-corrected chi connectivity index (χ4v) is 1.94. The maximum absolute atomic E-state index is 8.84. The first-order chi connectivity index (χ1) is 7.88. The van der Waals surface area contributed by atoms with Crippen LogP contribution >= 0.6 is 0 Å². The van der Waals surface area contributed by atoms with Gasteiger partial charge in [0.2, 0.25) is 0 Å². The van der Waals surface area contributed by atoms with E-state index >= 15 is 0 Å². The van der Waals surface area contributed by atoms with Crippen molar-refractivity contribution in [2.45, 2.75) is 0 Å². The number of pyridine rings is 1. The topological polar surface area (TPSA) is 36.7 Å². The number of hydrogen-bond acceptors (Lipinski definition) is 2. The summed E-state index contributed by atoms with van der Waals surface area (Å²) in [5.74, 6) is 0. The van der Waals surface area contributed by atoms with E-state index < -0.39 is 0 Å². The molecule has 1 heterocycles. The molecule has 0 saturated carbocycles. The van der Waals surface area contributed by atoms with Gasteiger partial charge >= 0.3 is 0 Å². The number of nitrogens with zero attached hydrogens (tertiary/aromatic N) is 2. The van der Waals surface area contributed by atoms with Crippen LogP contribution in [0.4, 0.5) is 0 Å². The molecule has 1 aromatic heterocycles. The molecule has 0 amide bonds. The molecule has 2 heteroatoms. The van der Waals surface area contributed by atoms with Crippen LogP contribution in [-0.2, 0) is 0 Å². The van der Waals surface area contributed by atoms with Gasteiger partial charge in [0.1, 0.15) is 0 Å². The summed E-state index contributed by atoms with van der Waals surface area (Å²) in [5.41, 5.74) is 1.66. The van der Waals surface area contributed by atoms with E-state index in [-0.39, 0.29) is 0 Å². The second kappa shape index (κ2) is 3.32. The van der Waals surface area contributed by atoms with Gasteiger partial charge in [-0.15, -0.1) is 0 Å². The van der Waals surface area contributed by atoms with Crippen molar-refractivity contribution in [2.75, 3.05) is 0 Å². The standard InChI is InChI=1S/C14H8N2/c15-8-10-5-6-12-11(7-10)9-16-14-4-2-1-3-13(12)14/h1-7,9H. The van der Waals surface area contributed by atoms with Gasteiger partial charge in [0.25, 0.3) is 0 Å². The minimum Gasteiger partial charge on any atom is -0.256 e. The molecule has 0 unspecified atom stereocenters. The molecule has 0 bridgehead atoms. The van der Waals surface area contributed by atoms with Gasteiger partial charge in [-0.1, -0.05) is 24.3 Å². The zero-order valence-electron chi connectivity index (χ0n) is 8.51. The Morgan fingerprint density at radius 3 is 2.75 bits per heavy atom. The van der Waals surface area contributed by atoms with Gasteiger partial charge in [0, 0.05) is 17.0 Å². The smallest absolute Gasteiger partial charge is 0.0991 e. The molecule has 0 radical (unpaired) electrons. The van der Waals surface area contributed by atoms with Crippen LogP contribution in [0.15, 0.2) is 48.7 Å². The monoisotopic (exact) mass is 204 g/mol. The first-order valence-electron chi connectivity index (χ1n) is 5.06. The lowest BCUT2D eigenvalue weighted by atomic mass is 10.0. The molecule has 0 spiro atoms. The summed E-state index contributed by atoms with van der Waals surface area (Å²) in [6.07, 6.45) is 1.82. The largest absolute Gasteiger partial charge is 0.256 e. The highest BCUT2D eigenvalue weighted by Crippen LogP contribution is 2.23. The van der Waals surface area contributed by atoms with Crippen molar-refractivity contribution in [2.24, 2.45) is 0 Å². The Kier molecular flexibility index (Phi) is 1.84. The van der Waals surface area contributed by atoms with Gasteiger partial charge in [-0.3, -0.25) is 4.98 Å². The van der Waals surface area contributed by atoms with Crippen LogP contribution in [0.5, 0.6) is 0 Å². The third-order valence-electron chi connectivity index (χ3n) is 2.72. The predicted octanol–water partition coefficient (Wildman–Crippen LogP) is 3.26. The van der Waals surface area contributed by atoms with Crippen molar-refractivity contribution in [1.82, 2.24) is 4.98 Å². The number of fused-ring (bicyclic) bond motifs is 3. The molecule has 0 atom stereocenters. The van der Waals surface area contributed by atoms with Crippen LogP contribution in [0.1, 0.15) is 5.56 Å². The van der Waals surface area contributed by atoms with E-state index in [4.69, 9.17) is 5.26 Å². The number of nitriles is 1. The maximum atomic E-state index is 8.84. The molecule has 0 N–H and O–H groups in total. The molecular formula is C14H8N2. The average molecular weight is 204 g/mol. The van der Waals surface area contributed by atoms with Crippen LogP contribution in [0.2, 0.25) is 0 Å². The SMILES string of the molecule is N#Cc1ccc2c(cnc3ccccc32)c1. The lowest BCUT2D eigenvalue weighted by Crippen LogP contribution is -1.82. The predicted molar refractivity (Wildman–Crippen MR) is 64.0 cm³/mol. The molecule has 2 nitrogen and oxygen atoms in total. The molecule has 0 aliphatic carbocycles. The number of aromatic nitrogens is 1. The van der Waals surface area contributed by atoms with E-state index in [9.17, 15) is 0 Å². The van der Waals surface area contributed by atoms with Crippen molar-refractivity contribution in [3.05, 3.63) is 54.2 Å². The highest BCUT2D eigenvalue weighted by molar-refractivity contribution is 6.05. The molecule has 2 aromatic carbocycles. The number of hydrogen-bond donors (Lipinski definition) is 0. The van der Waals surface area contributed by atoms with E-state index in [1.165, 1.54) is 0 Å². The first-order valence-corrected chi connectivity index (χ1v) is 5.06. The zero-order valence-corrected chi connectivity index (χ0v) is 8.51. The van der Waals surface area contributed by atoms with Gasteiger partial charge < -0.3 is 0 Å². The van der Waals surface area contributed by atoms with Crippen LogP contribution < -0.4 is 0 Å². The summed E-state index contributed by atoms with van der Waals surface area (Å²) in [6.45, 7) is 0. The molecular weight excluding hydrogens is 196 g/mol. The molecule has 3 rings (SSSR count). The fraction of sp³-hybridized carbons (Fsp3) is 0. The lowest BCUT2D eigenvalue weighted by molar-refractivity contribution is 1.44. The number of rotatable bonds is 0. The van der Waals surface area contributed by atoms with Gasteiger partial charge in [0.15, 0.2) is 0 Å². The summed E-state index contributed by atoms with van der Waals surface area (Å²) >= 11 is 0. The van der Waals surface area contributed by atoms with Crippen LogP contribution in [-0.4, -0.2) is 4.98 Å². The quantitative estimate of drug-likeness (QED) is 0.527. The Bertz CT molecular complexity index is 723. The minimum absolute atomic E-state index is 0.671. The molecule has 0 aliphatic rings. The molecule has 0 aliphatic heterocycles. The molecule has 3 aromatic rings. The summed E-state index contributed by atoms with van der Waals surface area (Å²) in [5, 5.41) is 12.1. The van der Waals surface area contributed by atoms with Crippen LogP contribution in [0, 0.1) is 11.3 Å². The summed E-state index contributed by atoms with van der Waals surface area (Å²) in [7, 11) is 0. The van der Waals surface area contributed by atoms with E-state index in [2.05, 4.69) is 17.1 Å². The van der Waals surface area contributed by atoms with E-state index in [1.807, 2.05) is 42.6 Å². The third kappa shape index (κ3) is 1.23. The zero-order chi connectivity index (χ0) is 11.0. The Morgan fingerprint density at radius 2 is 1.88 bits per heavy atom. The molecule has 0 fully saturated rings. The van der Waals surface area contributed by atoms with E-state index in [0.29, 0.717) is 5.56 Å². The summed E-state index contributed by atoms with van der Waals surface area (Å²) in [6, 6.07) is 15.9. The Balaban J connectivity index is 2.49. The Morgan fingerprint density at radius 1 is 1.00 bits per heavy atom. The average Bonchev–Trinajstić information content (AvgIpc) is 2.38. The van der Waals surface area contributed by atoms with E-state index in [0.717, 1.165) is 21.7 Å². The van der Waals surface area contributed by atoms with Crippen molar-refractivity contribution in [1.29, 1.82) is 5.26 Å². The van der Waals surface area contributed by atoms with Gasteiger partial charge in [-0.05, 0) is 23.6 Å². The summed E-state index contributed by atoms with van der Waals surface area (Å²) in [4.78, 5) is 4.38. The van der Waals surface area contributed by atoms with E-state index in [1.54, 1.807) is 0 Å². The second-order valence-electron chi connectivity index (χ2n) is 3.69. The molecule has 0 saturated heterocycles. The first kappa shape index (κ1) is 8.87. The van der Waals surface area contributed by atoms with Crippen molar-refractivity contribution in [3.63, 3.8) is 0 Å². The lowest BCUT2D eigenvalue weighted by Gasteiger charge is -2.02. The molecule has 16 heavy (non-hydrogen) atoms. The van der Waals surface area contributed by atoms with Gasteiger partial charge in [0.05, 0.1) is 17.1 Å². The highest BCUT2D eigenvalue weighted by atomic mass is 14.6. The number of para-hydroxylation sites is 1. The van der Waals surface area contributed by atoms with Crippen LogP contribution in [0.3, 0.4) is 0 Å². The normalized spacial score (nSPS) is 10.4. The van der Waals surface area contributed by atoms with Crippen molar-refractivity contribution >= 4 is 21.7 Å². The highest BCUT2D eigenvalue weighted by Gasteiger charge is 2.01. The van der Waals surface area contributed by atoms with Crippen LogP contribution in [0.25, 0.3) is 21.7 Å². The summed E-state index contributed by atoms with van der Waals surface area (Å²) < 4.78 is 0. The molecule has 74 valence electrons. The number of benzene rings is 2. The Hall–Kier alpha value is -2.40. The maximum Gasteiger partial charge on any atom is 0.0991 e. The van der Waals surface area contributed by atoms with Gasteiger partial charge in [-0.2, -0.15) is 5.26 Å². The van der Waals surface area contributed by atoms with Gasteiger partial charge in [-0.25, -0.2) is 0 Å². The fourth-order valence-electron chi connectivity index (χ4n) is 1.94. The van der Waals surface area contributed by atoms with Crippen molar-refractivity contribution < 1.29 is 0 Å².